The fourth-order valence-electron chi connectivity index (χ4n) is 1.11. The smallest absolute Gasteiger partial charge is 0.240 e. The molecule has 1 amide bonds. The molecule has 0 rings (SSSR count). The number of hydrogen-bond acceptors (Lipinski definition) is 1. The van der Waals surface area contributed by atoms with Crippen LogP contribution in [0.1, 0.15) is 33.6 Å². The van der Waals surface area contributed by atoms with Crippen LogP contribution in [0.5, 0.6) is 0 Å². The lowest BCUT2D eigenvalue weighted by atomic mass is 10.2. The van der Waals surface area contributed by atoms with Gasteiger partial charge in [-0.05, 0) is 20.3 Å². The second-order valence-electron chi connectivity index (χ2n) is 2.77. The molecule has 0 saturated heterocycles. The molecule has 1 unspecified atom stereocenters. The molecule has 0 aliphatic carbocycles. The van der Waals surface area contributed by atoms with Gasteiger partial charge in [0.15, 0.2) is 0 Å². The largest absolute Gasteiger partial charge is 0.342 e. The average molecular weight is 192 g/mol. The standard InChI is InChI=1S/C9H18ClNO/c1-4-7-8(10)9(12)11(5-2)6-3/h8H,4-7H2,1-3H3. The fraction of sp³-hybridized carbons (Fsp3) is 0.889. The van der Waals surface area contributed by atoms with Crippen molar-refractivity contribution >= 4 is 17.5 Å². The zero-order chi connectivity index (χ0) is 9.56. The molecule has 0 aromatic rings. The number of amides is 1. The van der Waals surface area contributed by atoms with Crippen LogP contribution >= 0.6 is 11.6 Å². The summed E-state index contributed by atoms with van der Waals surface area (Å²) in [5.41, 5.74) is 0. The quantitative estimate of drug-likeness (QED) is 0.611. The molecule has 2 nitrogen and oxygen atoms in total. The van der Waals surface area contributed by atoms with Gasteiger partial charge in [0.25, 0.3) is 0 Å². The second kappa shape index (κ2) is 6.30. The summed E-state index contributed by atoms with van der Waals surface area (Å²) in [6.07, 6.45) is 1.73. The van der Waals surface area contributed by atoms with Crippen molar-refractivity contribution in [3.8, 4) is 0 Å². The predicted molar refractivity (Wildman–Crippen MR) is 52.5 cm³/mol. The van der Waals surface area contributed by atoms with E-state index in [1.165, 1.54) is 0 Å². The Morgan fingerprint density at radius 2 is 1.83 bits per heavy atom. The first-order chi connectivity index (χ1) is 5.67. The van der Waals surface area contributed by atoms with Crippen LogP contribution in [0.4, 0.5) is 0 Å². The summed E-state index contributed by atoms with van der Waals surface area (Å²) in [7, 11) is 0. The van der Waals surface area contributed by atoms with Crippen LogP contribution in [0.3, 0.4) is 0 Å². The highest BCUT2D eigenvalue weighted by Gasteiger charge is 2.18. The van der Waals surface area contributed by atoms with E-state index in [-0.39, 0.29) is 11.3 Å². The Kier molecular flexibility index (Phi) is 6.17. The van der Waals surface area contributed by atoms with Crippen LogP contribution in [0.25, 0.3) is 0 Å². The van der Waals surface area contributed by atoms with E-state index in [4.69, 9.17) is 11.6 Å². The zero-order valence-corrected chi connectivity index (χ0v) is 8.90. The van der Waals surface area contributed by atoms with E-state index in [9.17, 15) is 4.79 Å². The van der Waals surface area contributed by atoms with E-state index in [0.717, 1.165) is 25.9 Å². The number of alkyl halides is 1. The first-order valence-electron chi connectivity index (χ1n) is 4.60. The molecule has 0 aliphatic heterocycles. The summed E-state index contributed by atoms with van der Waals surface area (Å²) >= 11 is 5.89. The van der Waals surface area contributed by atoms with E-state index >= 15 is 0 Å². The highest BCUT2D eigenvalue weighted by molar-refractivity contribution is 6.30. The van der Waals surface area contributed by atoms with Gasteiger partial charge in [0.1, 0.15) is 5.38 Å². The van der Waals surface area contributed by atoms with E-state index in [2.05, 4.69) is 0 Å². The molecule has 12 heavy (non-hydrogen) atoms. The molecule has 0 bridgehead atoms. The topological polar surface area (TPSA) is 20.3 Å². The molecule has 0 fully saturated rings. The van der Waals surface area contributed by atoms with Gasteiger partial charge in [-0.15, -0.1) is 11.6 Å². The van der Waals surface area contributed by atoms with E-state index in [0.29, 0.717) is 0 Å². The maximum Gasteiger partial charge on any atom is 0.240 e. The minimum absolute atomic E-state index is 0.0727. The first-order valence-corrected chi connectivity index (χ1v) is 5.03. The molecule has 0 spiro atoms. The summed E-state index contributed by atoms with van der Waals surface area (Å²) in [4.78, 5) is 13.3. The first kappa shape index (κ1) is 11.8. The lowest BCUT2D eigenvalue weighted by molar-refractivity contribution is -0.130. The van der Waals surface area contributed by atoms with Crippen LogP contribution < -0.4 is 0 Å². The highest BCUT2D eigenvalue weighted by atomic mass is 35.5. The monoisotopic (exact) mass is 191 g/mol. The Hall–Kier alpha value is -0.240. The lowest BCUT2D eigenvalue weighted by Crippen LogP contribution is -2.36. The van der Waals surface area contributed by atoms with E-state index in [1.807, 2.05) is 20.8 Å². The van der Waals surface area contributed by atoms with Crippen molar-refractivity contribution in [2.75, 3.05) is 13.1 Å². The lowest BCUT2D eigenvalue weighted by Gasteiger charge is -2.21. The number of carbonyl (C=O) groups is 1. The van der Waals surface area contributed by atoms with Crippen molar-refractivity contribution in [3.05, 3.63) is 0 Å². The van der Waals surface area contributed by atoms with Gasteiger partial charge in [0.2, 0.25) is 5.91 Å². The molecule has 0 aromatic heterocycles. The normalized spacial score (nSPS) is 12.7. The minimum Gasteiger partial charge on any atom is -0.342 e. The third-order valence-electron chi connectivity index (χ3n) is 1.89. The summed E-state index contributed by atoms with van der Waals surface area (Å²) in [6, 6.07) is 0. The molecule has 0 aromatic carbocycles. The average Bonchev–Trinajstić information content (AvgIpc) is 2.07. The molecular formula is C9H18ClNO. The van der Waals surface area contributed by atoms with Gasteiger partial charge in [0.05, 0.1) is 0 Å². The summed E-state index contributed by atoms with van der Waals surface area (Å²) in [6.45, 7) is 7.48. The predicted octanol–water partition coefficient (Wildman–Crippen LogP) is 2.26. The highest BCUT2D eigenvalue weighted by Crippen LogP contribution is 2.08. The molecule has 0 saturated carbocycles. The Labute approximate surface area is 79.9 Å². The number of hydrogen-bond donors (Lipinski definition) is 0. The molecule has 0 N–H and O–H groups in total. The van der Waals surface area contributed by atoms with E-state index in [1.54, 1.807) is 4.90 Å². The summed E-state index contributed by atoms with van der Waals surface area (Å²) < 4.78 is 0. The van der Waals surface area contributed by atoms with Crippen LogP contribution in [0.15, 0.2) is 0 Å². The van der Waals surface area contributed by atoms with Crippen LogP contribution in [-0.4, -0.2) is 29.3 Å². The zero-order valence-electron chi connectivity index (χ0n) is 8.14. The minimum atomic E-state index is -0.324. The SMILES string of the molecule is CCCC(Cl)C(=O)N(CC)CC. The van der Waals surface area contributed by atoms with Crippen LogP contribution in [0, 0.1) is 0 Å². The van der Waals surface area contributed by atoms with Crippen molar-refractivity contribution in [2.24, 2.45) is 0 Å². The van der Waals surface area contributed by atoms with Gasteiger partial charge in [-0.25, -0.2) is 0 Å². The molecule has 72 valence electrons. The third kappa shape index (κ3) is 3.44. The summed E-state index contributed by atoms with van der Waals surface area (Å²) in [5, 5.41) is -0.324. The maximum absolute atomic E-state index is 11.5. The number of halogens is 1. The molecule has 1 atom stereocenters. The molecule has 0 radical (unpaired) electrons. The van der Waals surface area contributed by atoms with Crippen molar-refractivity contribution in [1.82, 2.24) is 4.90 Å². The van der Waals surface area contributed by atoms with Crippen molar-refractivity contribution in [2.45, 2.75) is 39.0 Å². The Bertz CT molecular complexity index is 134. The number of nitrogens with zero attached hydrogens (tertiary/aromatic N) is 1. The van der Waals surface area contributed by atoms with Crippen molar-refractivity contribution < 1.29 is 4.79 Å². The Morgan fingerprint density at radius 3 is 2.17 bits per heavy atom. The summed E-state index contributed by atoms with van der Waals surface area (Å²) in [5.74, 6) is 0.0727. The van der Waals surface area contributed by atoms with Crippen molar-refractivity contribution in [3.63, 3.8) is 0 Å². The second-order valence-corrected chi connectivity index (χ2v) is 3.29. The molecule has 0 aliphatic rings. The van der Waals surface area contributed by atoms with Gasteiger partial charge in [-0.3, -0.25) is 4.79 Å². The molecule has 0 heterocycles. The maximum atomic E-state index is 11.5. The van der Waals surface area contributed by atoms with Gasteiger partial charge in [-0.1, -0.05) is 13.3 Å². The Balaban J connectivity index is 3.97. The van der Waals surface area contributed by atoms with Crippen LogP contribution in [-0.2, 0) is 4.79 Å². The van der Waals surface area contributed by atoms with Gasteiger partial charge < -0.3 is 4.90 Å². The molecule has 3 heteroatoms. The van der Waals surface area contributed by atoms with Gasteiger partial charge >= 0.3 is 0 Å². The van der Waals surface area contributed by atoms with Crippen LogP contribution in [0.2, 0.25) is 0 Å². The third-order valence-corrected chi connectivity index (χ3v) is 2.29. The fourth-order valence-corrected chi connectivity index (χ4v) is 1.47. The van der Waals surface area contributed by atoms with Gasteiger partial charge in [-0.2, -0.15) is 0 Å². The number of carbonyl (C=O) groups excluding carboxylic acids is 1. The van der Waals surface area contributed by atoms with Crippen molar-refractivity contribution in [1.29, 1.82) is 0 Å². The molecular weight excluding hydrogens is 174 g/mol. The van der Waals surface area contributed by atoms with Gasteiger partial charge in [0, 0.05) is 13.1 Å². The number of rotatable bonds is 5. The van der Waals surface area contributed by atoms with E-state index < -0.39 is 0 Å². The Morgan fingerprint density at radius 1 is 1.33 bits per heavy atom.